The largest absolute Gasteiger partial charge is 0.414 e. The van der Waals surface area contributed by atoms with E-state index in [4.69, 9.17) is 55.3 Å². The zero-order valence-electron chi connectivity index (χ0n) is 39.6. The van der Waals surface area contributed by atoms with Gasteiger partial charge in [-0.1, -0.05) is 121 Å². The molecular weight excluding hydrogens is 891 g/mol. The summed E-state index contributed by atoms with van der Waals surface area (Å²) in [5.74, 6) is 0.562. The minimum atomic E-state index is -1.74. The van der Waals surface area contributed by atoms with Crippen LogP contribution in [0, 0.1) is 17.8 Å². The Hall–Kier alpha value is -1.11. The molecule has 2 unspecified atom stereocenters. The molecule has 4 aliphatic rings. The van der Waals surface area contributed by atoms with E-state index in [0.717, 1.165) is 94.0 Å². The van der Waals surface area contributed by atoms with E-state index in [1.165, 1.54) is 0 Å². The van der Waals surface area contributed by atoms with Gasteiger partial charge in [0, 0.05) is 57.5 Å². The van der Waals surface area contributed by atoms with E-state index in [0.29, 0.717) is 57.2 Å². The average molecular weight is 971 g/mol. The topological polar surface area (TPSA) is 59.1 Å². The van der Waals surface area contributed by atoms with Gasteiger partial charge in [0.15, 0.2) is 16.6 Å². The SMILES string of the molecule is C.CC1(Cc2ccc(Cl)cc2Cl)CCN(C2CCC(O[Si](C)(C)C(C)(C)C)CC2)C1=O.Cc1c(Cl)ccc(CC2(C)CCN(C3CCC(O[Si](C)(C)C(C)(C)C)CC3)C2=O)c1Cl. The highest BCUT2D eigenvalue weighted by molar-refractivity contribution is 6.74. The van der Waals surface area contributed by atoms with Crippen LogP contribution < -0.4 is 0 Å². The number of rotatable bonds is 10. The highest BCUT2D eigenvalue weighted by Crippen LogP contribution is 2.45. The van der Waals surface area contributed by atoms with Crippen molar-refractivity contribution in [1.82, 2.24) is 9.80 Å². The number of nitrogens with zero attached hydrogens (tertiary/aromatic N) is 2. The van der Waals surface area contributed by atoms with Crippen molar-refractivity contribution in [1.29, 1.82) is 0 Å². The highest BCUT2D eigenvalue weighted by atomic mass is 35.5. The van der Waals surface area contributed by atoms with Gasteiger partial charge in [0.25, 0.3) is 0 Å². The van der Waals surface area contributed by atoms with E-state index in [1.807, 2.05) is 31.2 Å². The van der Waals surface area contributed by atoms with E-state index < -0.39 is 22.0 Å². The first kappa shape index (κ1) is 53.5. The van der Waals surface area contributed by atoms with Gasteiger partial charge in [0.2, 0.25) is 11.8 Å². The molecule has 0 N–H and O–H groups in total. The summed E-state index contributed by atoms with van der Waals surface area (Å²) < 4.78 is 13.3. The number of halogens is 4. The Morgan fingerprint density at radius 2 is 1.02 bits per heavy atom. The molecule has 2 aromatic rings. The van der Waals surface area contributed by atoms with E-state index in [9.17, 15) is 9.59 Å². The van der Waals surface area contributed by atoms with Crippen molar-refractivity contribution in [3.63, 3.8) is 0 Å². The third kappa shape index (κ3) is 12.3. The van der Waals surface area contributed by atoms with Crippen LogP contribution in [0.5, 0.6) is 0 Å². The van der Waals surface area contributed by atoms with Gasteiger partial charge in [-0.15, -0.1) is 0 Å². The molecule has 0 spiro atoms. The summed E-state index contributed by atoms with van der Waals surface area (Å²) in [5.41, 5.74) is 2.15. The summed E-state index contributed by atoms with van der Waals surface area (Å²) in [5, 5.41) is 3.12. The molecule has 2 saturated heterocycles. The van der Waals surface area contributed by atoms with Crippen molar-refractivity contribution in [2.75, 3.05) is 13.1 Å². The molecule has 350 valence electrons. The molecule has 6 rings (SSSR count). The lowest BCUT2D eigenvalue weighted by atomic mass is 9.81. The Bertz CT molecular complexity index is 1880. The molecule has 2 aliphatic heterocycles. The number of carbonyl (C=O) groups is 2. The van der Waals surface area contributed by atoms with Gasteiger partial charge in [-0.3, -0.25) is 9.59 Å². The van der Waals surface area contributed by atoms with Crippen LogP contribution in [-0.2, 0) is 31.3 Å². The smallest absolute Gasteiger partial charge is 0.229 e. The average Bonchev–Trinajstić information content (AvgIpc) is 3.62. The zero-order chi connectivity index (χ0) is 45.5. The summed E-state index contributed by atoms with van der Waals surface area (Å²) in [6.07, 6.45) is 12.2. The molecule has 0 bridgehead atoms. The summed E-state index contributed by atoms with van der Waals surface area (Å²) in [7, 11) is -3.48. The maximum atomic E-state index is 13.5. The summed E-state index contributed by atoms with van der Waals surface area (Å²) in [4.78, 5) is 31.1. The van der Waals surface area contributed by atoms with Crippen LogP contribution >= 0.6 is 46.4 Å². The molecule has 2 heterocycles. The Kier molecular flexibility index (Phi) is 17.6. The lowest BCUT2D eigenvalue weighted by Gasteiger charge is -2.42. The Morgan fingerprint density at radius 1 is 0.629 bits per heavy atom. The highest BCUT2D eigenvalue weighted by Gasteiger charge is 2.48. The molecule has 0 aromatic heterocycles. The van der Waals surface area contributed by atoms with Crippen LogP contribution in [0.4, 0.5) is 0 Å². The van der Waals surface area contributed by atoms with Crippen molar-refractivity contribution in [2.45, 2.75) is 207 Å². The van der Waals surface area contributed by atoms with E-state index in [2.05, 4.69) is 91.4 Å². The molecule has 6 nitrogen and oxygen atoms in total. The fraction of sp³-hybridized carbons (Fsp3) is 0.720. The number of hydrogen-bond donors (Lipinski definition) is 0. The standard InChI is InChI=1S/C25H39Cl2NO2Si.C24H37Cl2NO2Si.CH4/c1-17-21(26)13-8-18(22(17)27)16-25(5)14-15-28(23(25)29)19-9-11-20(12-10-19)30-31(6,7)24(2,3)4;1-23(2,3)30(5,6)29-20-11-9-19(10-12-20)27-14-13-24(4,22(27)28)16-17-7-8-18(25)15-21(17)26;/h8,13,19-20H,9-12,14-16H2,1-7H3;7-8,15,19-20H,9-14,16H2,1-6H3;1H4. The zero-order valence-corrected chi connectivity index (χ0v) is 44.7. The van der Waals surface area contributed by atoms with Gasteiger partial charge in [0.05, 0.1) is 10.8 Å². The lowest BCUT2D eigenvalue weighted by molar-refractivity contribution is -0.138. The van der Waals surface area contributed by atoms with E-state index >= 15 is 0 Å². The summed E-state index contributed by atoms with van der Waals surface area (Å²) >= 11 is 25.2. The van der Waals surface area contributed by atoms with Crippen molar-refractivity contribution in [2.24, 2.45) is 10.8 Å². The molecule has 2 aliphatic carbocycles. The van der Waals surface area contributed by atoms with Crippen molar-refractivity contribution >= 4 is 74.9 Å². The number of likely N-dealkylation sites (tertiary alicyclic amines) is 2. The first-order valence-corrected chi connectivity index (χ1v) is 30.3. The third-order valence-electron chi connectivity index (χ3n) is 15.6. The first-order chi connectivity index (χ1) is 28.1. The van der Waals surface area contributed by atoms with E-state index in [1.54, 1.807) is 6.07 Å². The second-order valence-corrected chi connectivity index (χ2v) is 33.6. The predicted molar refractivity (Wildman–Crippen MR) is 269 cm³/mol. The van der Waals surface area contributed by atoms with Crippen LogP contribution in [0.2, 0.25) is 56.4 Å². The number of carbonyl (C=O) groups excluding carboxylic acids is 2. The molecule has 2 saturated carbocycles. The number of hydrogen-bond acceptors (Lipinski definition) is 4. The molecule has 4 fully saturated rings. The minimum absolute atomic E-state index is 0. The Morgan fingerprint density at radius 3 is 1.40 bits per heavy atom. The van der Waals surface area contributed by atoms with Gasteiger partial charge in [-0.05, 0) is 155 Å². The maximum Gasteiger partial charge on any atom is 0.229 e. The monoisotopic (exact) mass is 968 g/mol. The fourth-order valence-electron chi connectivity index (χ4n) is 9.37. The van der Waals surface area contributed by atoms with Gasteiger partial charge in [-0.2, -0.15) is 0 Å². The maximum absolute atomic E-state index is 13.5. The summed E-state index contributed by atoms with van der Waals surface area (Å²) in [6.45, 7) is 30.9. The van der Waals surface area contributed by atoms with Crippen LogP contribution in [0.1, 0.15) is 144 Å². The van der Waals surface area contributed by atoms with Gasteiger partial charge >= 0.3 is 0 Å². The Balaban J connectivity index is 0.000000268. The molecule has 0 radical (unpaired) electrons. The molecule has 2 atom stereocenters. The van der Waals surface area contributed by atoms with Crippen molar-refractivity contribution in [3.8, 4) is 0 Å². The fourth-order valence-corrected chi connectivity index (χ4v) is 13.1. The molecule has 2 amide bonds. The number of benzene rings is 2. The van der Waals surface area contributed by atoms with Crippen LogP contribution in [-0.4, -0.2) is 75.6 Å². The predicted octanol–water partition coefficient (Wildman–Crippen LogP) is 15.2. The molecule has 2 aromatic carbocycles. The first-order valence-electron chi connectivity index (χ1n) is 22.9. The Labute approximate surface area is 399 Å². The minimum Gasteiger partial charge on any atom is -0.414 e. The molecular formula is C50H80Cl4N2O4Si2. The van der Waals surface area contributed by atoms with Crippen molar-refractivity contribution < 1.29 is 18.4 Å². The van der Waals surface area contributed by atoms with Gasteiger partial charge < -0.3 is 18.7 Å². The van der Waals surface area contributed by atoms with Crippen LogP contribution in [0.15, 0.2) is 30.3 Å². The third-order valence-corrected chi connectivity index (χ3v) is 26.2. The molecule has 12 heteroatoms. The van der Waals surface area contributed by atoms with Crippen LogP contribution in [0.25, 0.3) is 0 Å². The molecule has 62 heavy (non-hydrogen) atoms. The van der Waals surface area contributed by atoms with Gasteiger partial charge in [0.1, 0.15) is 0 Å². The second kappa shape index (κ2) is 20.4. The van der Waals surface area contributed by atoms with Crippen LogP contribution in [0.3, 0.4) is 0 Å². The van der Waals surface area contributed by atoms with Gasteiger partial charge in [-0.25, -0.2) is 0 Å². The van der Waals surface area contributed by atoms with E-state index in [-0.39, 0.29) is 34.7 Å². The van der Waals surface area contributed by atoms with Crippen molar-refractivity contribution in [3.05, 3.63) is 67.1 Å². The number of amides is 2. The lowest BCUT2D eigenvalue weighted by Crippen LogP contribution is -2.47. The second-order valence-electron chi connectivity index (χ2n) is 22.5. The quantitative estimate of drug-likeness (QED) is 0.223. The normalized spacial score (nSPS) is 27.6. The summed E-state index contributed by atoms with van der Waals surface area (Å²) in [6, 6.07) is 10.1.